The largest absolute Gasteiger partial charge is 0.480 e. The van der Waals surface area contributed by atoms with Gasteiger partial charge in [-0.05, 0) is 36.9 Å². The number of carboxylic acid groups (broad SMARTS) is 1. The summed E-state index contributed by atoms with van der Waals surface area (Å²) < 4.78 is 65.6. The van der Waals surface area contributed by atoms with E-state index < -0.39 is 33.5 Å². The molecule has 0 aliphatic carbocycles. The Morgan fingerprint density at radius 3 is 2.65 bits per heavy atom. The van der Waals surface area contributed by atoms with Crippen molar-refractivity contribution < 1.29 is 31.5 Å². The number of hydrogen-bond acceptors (Lipinski definition) is 4. The molecule has 1 heterocycles. The highest BCUT2D eigenvalue weighted by atomic mass is 32.2. The van der Waals surface area contributed by atoms with Gasteiger partial charge < -0.3 is 10.4 Å². The van der Waals surface area contributed by atoms with Gasteiger partial charge in [0.1, 0.15) is 0 Å². The van der Waals surface area contributed by atoms with Crippen molar-refractivity contribution in [2.24, 2.45) is 5.92 Å². The van der Waals surface area contributed by atoms with Gasteiger partial charge in [-0.1, -0.05) is 18.2 Å². The molecule has 0 radical (unpaired) electrons. The van der Waals surface area contributed by atoms with Crippen LogP contribution in [0.25, 0.3) is 0 Å². The van der Waals surface area contributed by atoms with Crippen molar-refractivity contribution >= 4 is 16.0 Å². The van der Waals surface area contributed by atoms with Crippen molar-refractivity contribution in [2.75, 3.05) is 26.2 Å². The zero-order chi connectivity index (χ0) is 19.4. The quantitative estimate of drug-likeness (QED) is 0.738. The highest BCUT2D eigenvalue weighted by Crippen LogP contribution is 2.33. The van der Waals surface area contributed by atoms with E-state index in [0.29, 0.717) is 13.0 Å². The zero-order valence-corrected chi connectivity index (χ0v) is 14.8. The van der Waals surface area contributed by atoms with E-state index in [1.54, 1.807) is 0 Å². The Labute approximate surface area is 150 Å². The van der Waals surface area contributed by atoms with Crippen molar-refractivity contribution in [3.05, 3.63) is 35.4 Å². The SMILES string of the molecule is O=C(O)CNCC1CCCN(S(=O)(=O)Cc2ccccc2C(F)(F)F)C1. The summed E-state index contributed by atoms with van der Waals surface area (Å²) in [5.74, 6) is -1.79. The first kappa shape index (κ1) is 20.7. The third kappa shape index (κ3) is 5.68. The van der Waals surface area contributed by atoms with Crippen LogP contribution in [0.3, 0.4) is 0 Å². The number of benzene rings is 1. The van der Waals surface area contributed by atoms with E-state index in [4.69, 9.17) is 5.11 Å². The van der Waals surface area contributed by atoms with Crippen LogP contribution in [0, 0.1) is 5.92 Å². The van der Waals surface area contributed by atoms with Crippen LogP contribution in [0.4, 0.5) is 13.2 Å². The smallest absolute Gasteiger partial charge is 0.416 e. The van der Waals surface area contributed by atoms with E-state index in [1.165, 1.54) is 22.5 Å². The van der Waals surface area contributed by atoms with Crippen molar-refractivity contribution in [2.45, 2.75) is 24.8 Å². The summed E-state index contributed by atoms with van der Waals surface area (Å²) in [6.45, 7) is 0.550. The summed E-state index contributed by atoms with van der Waals surface area (Å²) in [6.07, 6.45) is -3.30. The highest BCUT2D eigenvalue weighted by Gasteiger charge is 2.36. The van der Waals surface area contributed by atoms with Crippen molar-refractivity contribution in [3.63, 3.8) is 0 Å². The Morgan fingerprint density at radius 1 is 1.31 bits per heavy atom. The van der Waals surface area contributed by atoms with E-state index >= 15 is 0 Å². The molecule has 1 fully saturated rings. The zero-order valence-electron chi connectivity index (χ0n) is 14.0. The number of halogens is 3. The number of carbonyl (C=O) groups is 1. The van der Waals surface area contributed by atoms with Gasteiger partial charge in [-0.3, -0.25) is 4.79 Å². The molecule has 0 aromatic heterocycles. The molecule has 0 saturated carbocycles. The Hall–Kier alpha value is -1.65. The molecular formula is C16H21F3N2O4S. The standard InChI is InChI=1S/C16H21F3N2O4S/c17-16(18,19)14-6-2-1-5-13(14)11-26(24,25)21-7-3-4-12(10-21)8-20-9-15(22)23/h1-2,5-6,12,20H,3-4,7-11H2,(H,22,23). The Bertz CT molecular complexity index is 737. The highest BCUT2D eigenvalue weighted by molar-refractivity contribution is 7.88. The molecule has 2 N–H and O–H groups in total. The maximum absolute atomic E-state index is 13.1. The number of nitrogens with zero attached hydrogens (tertiary/aromatic N) is 1. The van der Waals surface area contributed by atoms with Crippen LogP contribution in [-0.4, -0.2) is 50.0 Å². The molecule has 0 amide bonds. The lowest BCUT2D eigenvalue weighted by Gasteiger charge is -2.32. The first-order valence-electron chi connectivity index (χ1n) is 8.15. The molecule has 26 heavy (non-hydrogen) atoms. The summed E-state index contributed by atoms with van der Waals surface area (Å²) in [6, 6.07) is 4.66. The van der Waals surface area contributed by atoms with Gasteiger partial charge in [0.25, 0.3) is 0 Å². The van der Waals surface area contributed by atoms with Crippen LogP contribution in [0.15, 0.2) is 24.3 Å². The summed E-state index contributed by atoms with van der Waals surface area (Å²) in [5, 5.41) is 11.4. The van der Waals surface area contributed by atoms with Crippen LogP contribution >= 0.6 is 0 Å². The molecule has 1 aromatic rings. The molecular weight excluding hydrogens is 373 g/mol. The number of aliphatic carboxylic acids is 1. The number of rotatable bonds is 7. The minimum Gasteiger partial charge on any atom is -0.480 e. The van der Waals surface area contributed by atoms with E-state index in [1.807, 2.05) is 0 Å². The Morgan fingerprint density at radius 2 is 2.00 bits per heavy atom. The van der Waals surface area contributed by atoms with Crippen molar-refractivity contribution in [1.29, 1.82) is 0 Å². The van der Waals surface area contributed by atoms with Crippen LogP contribution in [0.5, 0.6) is 0 Å². The molecule has 1 atom stereocenters. The summed E-state index contributed by atoms with van der Waals surface area (Å²) >= 11 is 0. The molecule has 0 bridgehead atoms. The number of nitrogens with one attached hydrogen (secondary N) is 1. The van der Waals surface area contributed by atoms with E-state index in [2.05, 4.69) is 5.32 Å². The number of carboxylic acids is 1. The van der Waals surface area contributed by atoms with Gasteiger partial charge in [0.15, 0.2) is 0 Å². The number of sulfonamides is 1. The Kier molecular flexibility index (Phi) is 6.64. The summed E-state index contributed by atoms with van der Waals surface area (Å²) in [5.41, 5.74) is -1.22. The lowest BCUT2D eigenvalue weighted by atomic mass is 10.00. The van der Waals surface area contributed by atoms with Crippen molar-refractivity contribution in [1.82, 2.24) is 9.62 Å². The average Bonchev–Trinajstić information content (AvgIpc) is 2.54. The van der Waals surface area contributed by atoms with Gasteiger partial charge >= 0.3 is 12.1 Å². The van der Waals surface area contributed by atoms with Crippen LogP contribution in [-0.2, 0) is 26.7 Å². The molecule has 1 aliphatic heterocycles. The third-order valence-electron chi connectivity index (χ3n) is 4.25. The lowest BCUT2D eigenvalue weighted by molar-refractivity contribution is -0.138. The number of hydrogen-bond donors (Lipinski definition) is 2. The van der Waals surface area contributed by atoms with Crippen LogP contribution in [0.1, 0.15) is 24.0 Å². The van der Waals surface area contributed by atoms with Gasteiger partial charge in [-0.15, -0.1) is 0 Å². The number of piperidine rings is 1. The molecule has 2 rings (SSSR count). The maximum atomic E-state index is 13.1. The minimum atomic E-state index is -4.61. The molecule has 6 nitrogen and oxygen atoms in total. The maximum Gasteiger partial charge on any atom is 0.416 e. The Balaban J connectivity index is 2.07. The van der Waals surface area contributed by atoms with E-state index in [-0.39, 0.29) is 31.1 Å². The fourth-order valence-electron chi connectivity index (χ4n) is 3.04. The predicted molar refractivity (Wildman–Crippen MR) is 88.9 cm³/mol. The van der Waals surface area contributed by atoms with Gasteiger partial charge in [-0.2, -0.15) is 13.2 Å². The van der Waals surface area contributed by atoms with Gasteiger partial charge in [-0.25, -0.2) is 12.7 Å². The molecule has 1 aliphatic rings. The number of alkyl halides is 3. The first-order chi connectivity index (χ1) is 12.1. The van der Waals surface area contributed by atoms with Crippen molar-refractivity contribution in [3.8, 4) is 0 Å². The van der Waals surface area contributed by atoms with E-state index in [9.17, 15) is 26.4 Å². The predicted octanol–water partition coefficient (Wildman–Crippen LogP) is 1.92. The minimum absolute atomic E-state index is 0.0734. The fourth-order valence-corrected chi connectivity index (χ4v) is 4.71. The summed E-state index contributed by atoms with van der Waals surface area (Å²) in [4.78, 5) is 10.5. The van der Waals surface area contributed by atoms with Crippen LogP contribution in [0.2, 0.25) is 0 Å². The second-order valence-electron chi connectivity index (χ2n) is 6.30. The molecule has 10 heteroatoms. The normalized spacial score (nSPS) is 19.4. The lowest BCUT2D eigenvalue weighted by Crippen LogP contribution is -2.43. The first-order valence-corrected chi connectivity index (χ1v) is 9.76. The van der Waals surface area contributed by atoms with Gasteiger partial charge in [0.05, 0.1) is 17.9 Å². The van der Waals surface area contributed by atoms with Crippen LogP contribution < -0.4 is 5.32 Å². The fraction of sp³-hybridized carbons (Fsp3) is 0.562. The second kappa shape index (κ2) is 8.36. The topological polar surface area (TPSA) is 86.7 Å². The molecule has 1 saturated heterocycles. The average molecular weight is 394 g/mol. The van der Waals surface area contributed by atoms with Gasteiger partial charge in [0.2, 0.25) is 10.0 Å². The third-order valence-corrected chi connectivity index (χ3v) is 6.04. The molecule has 1 aromatic carbocycles. The van der Waals surface area contributed by atoms with Gasteiger partial charge in [0, 0.05) is 13.1 Å². The van der Waals surface area contributed by atoms with E-state index in [0.717, 1.165) is 12.5 Å². The summed E-state index contributed by atoms with van der Waals surface area (Å²) in [7, 11) is -3.90. The molecule has 1 unspecified atom stereocenters. The monoisotopic (exact) mass is 394 g/mol. The second-order valence-corrected chi connectivity index (χ2v) is 8.27. The molecule has 146 valence electrons. The molecule has 0 spiro atoms.